The van der Waals surface area contributed by atoms with Crippen molar-refractivity contribution in [3.05, 3.63) is 145 Å². The number of carbonyl (C=O) groups is 4. The molecule has 1 aliphatic heterocycles. The molecule has 0 aromatic heterocycles. The molecule has 60 heavy (non-hydrogen) atoms. The third-order valence-corrected chi connectivity index (χ3v) is 8.58. The lowest BCUT2D eigenvalue weighted by Gasteiger charge is -2.31. The molecule has 1 fully saturated rings. The van der Waals surface area contributed by atoms with Crippen LogP contribution < -0.4 is 18.9 Å². The molecule has 0 N–H and O–H groups in total. The Labute approximate surface area is 348 Å². The molecule has 0 spiro atoms. The van der Waals surface area contributed by atoms with Crippen molar-refractivity contribution >= 4 is 23.9 Å². The van der Waals surface area contributed by atoms with Crippen molar-refractivity contribution in [3.8, 4) is 23.0 Å². The highest BCUT2D eigenvalue weighted by molar-refractivity contribution is 5.91. The second-order valence-electron chi connectivity index (χ2n) is 13.1. The van der Waals surface area contributed by atoms with Gasteiger partial charge in [0, 0.05) is 12.2 Å². The fraction of sp³-hybridized carbons (Fsp3) is 0.304. The SMILES string of the molecule is C=CC(=O)OCCCCOc1ccc(C(=O)Oc2ccc(CO[C@@H]3OCCO[C@H]3OCc3ccc(OC(=O)c4ccc(OCCCCOC(=O)C=C)cc4)cc3)cc2)cc1. The van der Waals surface area contributed by atoms with Crippen LogP contribution in [-0.2, 0) is 51.2 Å². The van der Waals surface area contributed by atoms with E-state index >= 15 is 0 Å². The summed E-state index contributed by atoms with van der Waals surface area (Å²) in [5.74, 6) is 0.0388. The Kier molecular flexibility index (Phi) is 18.3. The van der Waals surface area contributed by atoms with E-state index in [1.807, 2.05) is 0 Å². The van der Waals surface area contributed by atoms with Gasteiger partial charge in [0.1, 0.15) is 23.0 Å². The molecule has 14 nitrogen and oxygen atoms in total. The summed E-state index contributed by atoms with van der Waals surface area (Å²) in [5.41, 5.74) is 2.36. The van der Waals surface area contributed by atoms with Crippen molar-refractivity contribution in [2.75, 3.05) is 39.6 Å². The Hall–Kier alpha value is -6.32. The maximum atomic E-state index is 12.7. The molecule has 0 saturated carbocycles. The van der Waals surface area contributed by atoms with Crippen LogP contribution in [-0.4, -0.2) is 76.1 Å². The number of benzene rings is 4. The molecule has 1 aliphatic rings. The summed E-state index contributed by atoms with van der Waals surface area (Å²) in [6.45, 7) is 9.25. The minimum absolute atomic E-state index is 0.190. The van der Waals surface area contributed by atoms with Gasteiger partial charge in [0.2, 0.25) is 12.6 Å². The van der Waals surface area contributed by atoms with Crippen LogP contribution >= 0.6 is 0 Å². The Morgan fingerprint density at radius 3 is 1.22 bits per heavy atom. The van der Waals surface area contributed by atoms with E-state index in [2.05, 4.69) is 13.2 Å². The molecule has 1 heterocycles. The zero-order valence-corrected chi connectivity index (χ0v) is 33.2. The van der Waals surface area contributed by atoms with Gasteiger partial charge >= 0.3 is 23.9 Å². The zero-order chi connectivity index (χ0) is 42.4. The molecule has 4 aromatic carbocycles. The molecule has 14 heteroatoms. The Bertz CT molecular complexity index is 1830. The van der Waals surface area contributed by atoms with Gasteiger partial charge in [-0.25, -0.2) is 19.2 Å². The second kappa shape index (κ2) is 24.6. The normalized spacial score (nSPS) is 14.6. The number of rotatable bonds is 24. The molecule has 4 aromatic rings. The smallest absolute Gasteiger partial charge is 0.343 e. The number of carbonyl (C=O) groups excluding carboxylic acids is 4. The molecule has 0 unspecified atom stereocenters. The second-order valence-corrected chi connectivity index (χ2v) is 13.1. The highest BCUT2D eigenvalue weighted by Crippen LogP contribution is 2.22. The van der Waals surface area contributed by atoms with Crippen molar-refractivity contribution in [2.24, 2.45) is 0 Å². The lowest BCUT2D eigenvalue weighted by atomic mass is 10.2. The Balaban J connectivity index is 0.985. The number of ether oxygens (including phenoxy) is 10. The van der Waals surface area contributed by atoms with E-state index in [9.17, 15) is 19.2 Å². The fourth-order valence-corrected chi connectivity index (χ4v) is 5.36. The monoisotopic (exact) mass is 824 g/mol. The van der Waals surface area contributed by atoms with Crippen molar-refractivity contribution in [2.45, 2.75) is 51.5 Å². The first kappa shape index (κ1) is 44.8. The quantitative estimate of drug-likeness (QED) is 0.0299. The molecular formula is C46H48O14. The van der Waals surface area contributed by atoms with Crippen LogP contribution in [0.3, 0.4) is 0 Å². The average molecular weight is 825 g/mol. The van der Waals surface area contributed by atoms with Gasteiger partial charge in [0.05, 0.1) is 64.0 Å². The number of esters is 4. The van der Waals surface area contributed by atoms with Crippen molar-refractivity contribution < 1.29 is 66.5 Å². The third-order valence-electron chi connectivity index (χ3n) is 8.58. The molecular weight excluding hydrogens is 776 g/mol. The van der Waals surface area contributed by atoms with Crippen molar-refractivity contribution in [3.63, 3.8) is 0 Å². The molecule has 0 amide bonds. The van der Waals surface area contributed by atoms with Gasteiger partial charge in [0.15, 0.2) is 0 Å². The topological polar surface area (TPSA) is 161 Å². The van der Waals surface area contributed by atoms with Crippen LogP contribution in [0.4, 0.5) is 0 Å². The van der Waals surface area contributed by atoms with E-state index in [-0.39, 0.29) is 13.2 Å². The summed E-state index contributed by atoms with van der Waals surface area (Å²) >= 11 is 0. The van der Waals surface area contributed by atoms with E-state index in [4.69, 9.17) is 47.4 Å². The standard InChI is InChI=1S/C46H48O14/c1-3-41(47)53-27-7-5-25-51-37-21-13-35(14-22-37)43(49)59-39-17-9-33(10-18-39)31-57-45-46(56-30-29-55-45)58-32-34-11-19-40(20-12-34)60-44(50)36-15-23-38(24-16-36)52-26-6-8-28-54-42(48)4-2/h3-4,9-24,45-46H,1-2,5-8,25-32H2/t45-,46-/m0/s1. The van der Waals surface area contributed by atoms with Gasteiger partial charge in [-0.3, -0.25) is 0 Å². The number of unbranched alkanes of at least 4 members (excludes halogenated alkanes) is 2. The van der Waals surface area contributed by atoms with Gasteiger partial charge < -0.3 is 47.4 Å². The summed E-state index contributed by atoms with van der Waals surface area (Å²) < 4.78 is 55.9. The van der Waals surface area contributed by atoms with Gasteiger partial charge in [-0.15, -0.1) is 0 Å². The Morgan fingerprint density at radius 1 is 0.500 bits per heavy atom. The molecule has 316 valence electrons. The highest BCUT2D eigenvalue weighted by Gasteiger charge is 2.29. The van der Waals surface area contributed by atoms with E-state index in [1.54, 1.807) is 97.1 Å². The van der Waals surface area contributed by atoms with E-state index in [0.717, 1.165) is 23.3 Å². The van der Waals surface area contributed by atoms with Crippen LogP contribution in [0, 0.1) is 0 Å². The lowest BCUT2D eigenvalue weighted by Crippen LogP contribution is -2.41. The van der Waals surface area contributed by atoms with E-state index in [1.165, 1.54) is 0 Å². The first-order valence-corrected chi connectivity index (χ1v) is 19.4. The maximum Gasteiger partial charge on any atom is 0.343 e. The summed E-state index contributed by atoms with van der Waals surface area (Å²) in [6.07, 6.45) is 3.41. The number of hydrogen-bond acceptors (Lipinski definition) is 14. The largest absolute Gasteiger partial charge is 0.494 e. The minimum Gasteiger partial charge on any atom is -0.494 e. The van der Waals surface area contributed by atoms with Gasteiger partial charge in [-0.2, -0.15) is 0 Å². The predicted octanol–water partition coefficient (Wildman–Crippen LogP) is 7.33. The molecule has 5 rings (SSSR count). The van der Waals surface area contributed by atoms with Crippen molar-refractivity contribution in [1.29, 1.82) is 0 Å². The van der Waals surface area contributed by atoms with Crippen LogP contribution in [0.5, 0.6) is 23.0 Å². The van der Waals surface area contributed by atoms with E-state index in [0.29, 0.717) is 99.4 Å². The molecule has 0 aliphatic carbocycles. The molecule has 1 saturated heterocycles. The summed E-state index contributed by atoms with van der Waals surface area (Å²) in [6, 6.07) is 27.1. The molecule has 2 atom stereocenters. The van der Waals surface area contributed by atoms with Gasteiger partial charge in [-0.05, 0) is 110 Å². The molecule has 0 bridgehead atoms. The zero-order valence-electron chi connectivity index (χ0n) is 33.2. The van der Waals surface area contributed by atoms with Crippen LogP contribution in [0.15, 0.2) is 122 Å². The summed E-state index contributed by atoms with van der Waals surface area (Å²) in [4.78, 5) is 47.6. The van der Waals surface area contributed by atoms with Crippen LogP contribution in [0.2, 0.25) is 0 Å². The van der Waals surface area contributed by atoms with E-state index < -0.39 is 36.5 Å². The average Bonchev–Trinajstić information content (AvgIpc) is 3.28. The van der Waals surface area contributed by atoms with Crippen LogP contribution in [0.1, 0.15) is 57.5 Å². The lowest BCUT2D eigenvalue weighted by molar-refractivity contribution is -0.326. The minimum atomic E-state index is -0.781. The molecule has 0 radical (unpaired) electrons. The van der Waals surface area contributed by atoms with Gasteiger partial charge in [0.25, 0.3) is 0 Å². The summed E-state index contributed by atoms with van der Waals surface area (Å²) in [5, 5.41) is 0. The highest BCUT2D eigenvalue weighted by atomic mass is 16.8. The predicted molar refractivity (Wildman–Crippen MR) is 217 cm³/mol. The summed E-state index contributed by atoms with van der Waals surface area (Å²) in [7, 11) is 0. The van der Waals surface area contributed by atoms with Gasteiger partial charge in [-0.1, -0.05) is 37.4 Å². The maximum absolute atomic E-state index is 12.7. The van der Waals surface area contributed by atoms with Crippen LogP contribution in [0.25, 0.3) is 0 Å². The first-order valence-electron chi connectivity index (χ1n) is 19.4. The third kappa shape index (κ3) is 15.5. The first-order chi connectivity index (χ1) is 29.3. The fourth-order valence-electron chi connectivity index (χ4n) is 5.36. The van der Waals surface area contributed by atoms with Crippen molar-refractivity contribution in [1.82, 2.24) is 0 Å². The number of hydrogen-bond donors (Lipinski definition) is 0. The Morgan fingerprint density at radius 2 is 0.850 bits per heavy atom.